The second kappa shape index (κ2) is 10.4. The van der Waals surface area contributed by atoms with Crippen molar-refractivity contribution in [3.05, 3.63) is 22.2 Å². The van der Waals surface area contributed by atoms with Crippen LogP contribution in [-0.4, -0.2) is 31.8 Å². The van der Waals surface area contributed by atoms with Crippen LogP contribution in [0.2, 0.25) is 0 Å². The molecule has 1 aromatic rings. The molecule has 0 amide bonds. The molecule has 0 radical (unpaired) electrons. The van der Waals surface area contributed by atoms with Crippen LogP contribution in [-0.2, 0) is 6.54 Å². The molecule has 3 nitrogen and oxygen atoms in total. The molecule has 0 bridgehead atoms. The van der Waals surface area contributed by atoms with Gasteiger partial charge in [-0.1, -0.05) is 13.8 Å². The Balaban J connectivity index is 2.69. The molecule has 5 heteroatoms. The van der Waals surface area contributed by atoms with Crippen LogP contribution >= 0.6 is 27.7 Å². The summed E-state index contributed by atoms with van der Waals surface area (Å²) in [5.74, 6) is 3.69. The first kappa shape index (κ1) is 17.7. The van der Waals surface area contributed by atoms with E-state index in [2.05, 4.69) is 41.2 Å². The average Bonchev–Trinajstić information content (AvgIpc) is 2.45. The third kappa shape index (κ3) is 5.94. The number of thioether (sulfide) groups is 1. The molecule has 0 atom stereocenters. The van der Waals surface area contributed by atoms with Crippen molar-refractivity contribution in [1.82, 2.24) is 5.32 Å². The number of hydrogen-bond acceptors (Lipinski definition) is 4. The predicted molar refractivity (Wildman–Crippen MR) is 91.2 cm³/mol. The fourth-order valence-corrected chi connectivity index (χ4v) is 2.87. The quantitative estimate of drug-likeness (QED) is 0.635. The second-order valence-corrected chi connectivity index (χ2v) is 6.58. The van der Waals surface area contributed by atoms with Crippen LogP contribution < -0.4 is 14.8 Å². The Bertz CT molecular complexity index is 402. The summed E-state index contributed by atoms with van der Waals surface area (Å²) in [6.45, 7) is 6.87. The third-order valence-corrected chi connectivity index (χ3v) is 4.18. The Morgan fingerprint density at radius 2 is 2.10 bits per heavy atom. The maximum atomic E-state index is 5.83. The average molecular weight is 362 g/mol. The van der Waals surface area contributed by atoms with Gasteiger partial charge in [0.25, 0.3) is 0 Å². The van der Waals surface area contributed by atoms with Crippen molar-refractivity contribution >= 4 is 27.7 Å². The maximum absolute atomic E-state index is 5.83. The van der Waals surface area contributed by atoms with E-state index in [1.807, 2.05) is 17.8 Å². The molecular weight excluding hydrogens is 338 g/mol. The zero-order valence-corrected chi connectivity index (χ0v) is 14.9. The third-order valence-electron chi connectivity index (χ3n) is 2.72. The first-order chi connectivity index (χ1) is 9.72. The molecule has 1 aromatic carbocycles. The van der Waals surface area contributed by atoms with Crippen LogP contribution in [0.4, 0.5) is 0 Å². The molecule has 0 aromatic heterocycles. The second-order valence-electron chi connectivity index (χ2n) is 4.33. The fourth-order valence-electron chi connectivity index (χ4n) is 1.77. The normalized spacial score (nSPS) is 10.6. The summed E-state index contributed by atoms with van der Waals surface area (Å²) < 4.78 is 12.2. The molecule has 1 N–H and O–H groups in total. The standard InChI is InChI=1S/C15H24BrNO2S/c1-4-6-17-11-12-9-13(16)15(14(10-12)18-3)19-7-8-20-5-2/h9-10,17H,4-8,11H2,1-3H3. The Morgan fingerprint density at radius 1 is 1.30 bits per heavy atom. The summed E-state index contributed by atoms with van der Waals surface area (Å²) >= 11 is 5.45. The van der Waals surface area contributed by atoms with E-state index >= 15 is 0 Å². The lowest BCUT2D eigenvalue weighted by Crippen LogP contribution is -2.14. The van der Waals surface area contributed by atoms with Gasteiger partial charge in [0.2, 0.25) is 0 Å². The summed E-state index contributed by atoms with van der Waals surface area (Å²) in [6.07, 6.45) is 1.13. The summed E-state index contributed by atoms with van der Waals surface area (Å²) in [6, 6.07) is 4.13. The van der Waals surface area contributed by atoms with E-state index in [0.717, 1.165) is 47.0 Å². The van der Waals surface area contributed by atoms with Crippen molar-refractivity contribution in [3.8, 4) is 11.5 Å². The van der Waals surface area contributed by atoms with Gasteiger partial charge in [0.15, 0.2) is 11.5 Å². The van der Waals surface area contributed by atoms with Gasteiger partial charge in [0, 0.05) is 12.3 Å². The van der Waals surface area contributed by atoms with Crippen LogP contribution in [0.3, 0.4) is 0 Å². The highest BCUT2D eigenvalue weighted by molar-refractivity contribution is 9.10. The monoisotopic (exact) mass is 361 g/mol. The lowest BCUT2D eigenvalue weighted by Gasteiger charge is -2.14. The van der Waals surface area contributed by atoms with E-state index in [0.29, 0.717) is 6.61 Å². The lowest BCUT2D eigenvalue weighted by atomic mass is 10.2. The van der Waals surface area contributed by atoms with Crippen LogP contribution in [0, 0.1) is 0 Å². The Labute approximate surface area is 134 Å². The van der Waals surface area contributed by atoms with Crippen molar-refractivity contribution in [3.63, 3.8) is 0 Å². The van der Waals surface area contributed by atoms with Crippen molar-refractivity contribution in [2.45, 2.75) is 26.8 Å². The molecule has 0 aliphatic heterocycles. The summed E-state index contributed by atoms with van der Waals surface area (Å²) in [4.78, 5) is 0. The maximum Gasteiger partial charge on any atom is 0.175 e. The molecule has 114 valence electrons. The highest BCUT2D eigenvalue weighted by atomic mass is 79.9. The number of nitrogens with one attached hydrogen (secondary N) is 1. The minimum absolute atomic E-state index is 0.695. The van der Waals surface area contributed by atoms with E-state index in [-0.39, 0.29) is 0 Å². The van der Waals surface area contributed by atoms with E-state index in [1.165, 1.54) is 5.56 Å². The summed E-state index contributed by atoms with van der Waals surface area (Å²) in [7, 11) is 1.68. The Kier molecular flexibility index (Phi) is 9.14. The number of rotatable bonds is 10. The zero-order valence-electron chi connectivity index (χ0n) is 12.5. The van der Waals surface area contributed by atoms with Gasteiger partial charge in [-0.3, -0.25) is 0 Å². The van der Waals surface area contributed by atoms with E-state index in [4.69, 9.17) is 9.47 Å². The van der Waals surface area contributed by atoms with E-state index in [1.54, 1.807) is 7.11 Å². The smallest absolute Gasteiger partial charge is 0.175 e. The number of methoxy groups -OCH3 is 1. The number of halogens is 1. The van der Waals surface area contributed by atoms with Gasteiger partial charge < -0.3 is 14.8 Å². The predicted octanol–water partition coefficient (Wildman–Crippen LogP) is 4.09. The highest BCUT2D eigenvalue weighted by Gasteiger charge is 2.11. The van der Waals surface area contributed by atoms with Crippen molar-refractivity contribution < 1.29 is 9.47 Å². The van der Waals surface area contributed by atoms with Gasteiger partial charge in [-0.15, -0.1) is 0 Å². The molecule has 0 unspecified atom stereocenters. The van der Waals surface area contributed by atoms with Gasteiger partial charge in [-0.05, 0) is 52.3 Å². The van der Waals surface area contributed by atoms with Crippen molar-refractivity contribution in [2.24, 2.45) is 0 Å². The van der Waals surface area contributed by atoms with Crippen molar-refractivity contribution in [1.29, 1.82) is 0 Å². The molecular formula is C15H24BrNO2S. The lowest BCUT2D eigenvalue weighted by molar-refractivity contribution is 0.311. The molecule has 0 aliphatic rings. The van der Waals surface area contributed by atoms with Crippen LogP contribution in [0.5, 0.6) is 11.5 Å². The molecule has 20 heavy (non-hydrogen) atoms. The molecule has 0 saturated carbocycles. The van der Waals surface area contributed by atoms with Gasteiger partial charge in [-0.25, -0.2) is 0 Å². The Morgan fingerprint density at radius 3 is 2.75 bits per heavy atom. The minimum Gasteiger partial charge on any atom is -0.493 e. The minimum atomic E-state index is 0.695. The fraction of sp³-hybridized carbons (Fsp3) is 0.600. The Hall–Kier alpha value is -0.390. The first-order valence-corrected chi connectivity index (χ1v) is 8.95. The highest BCUT2D eigenvalue weighted by Crippen LogP contribution is 2.36. The molecule has 0 heterocycles. The van der Waals surface area contributed by atoms with Gasteiger partial charge in [-0.2, -0.15) is 11.8 Å². The van der Waals surface area contributed by atoms with Gasteiger partial charge >= 0.3 is 0 Å². The van der Waals surface area contributed by atoms with Crippen LogP contribution in [0.15, 0.2) is 16.6 Å². The summed E-state index contributed by atoms with van der Waals surface area (Å²) in [5.41, 5.74) is 1.19. The van der Waals surface area contributed by atoms with Crippen LogP contribution in [0.25, 0.3) is 0 Å². The zero-order chi connectivity index (χ0) is 14.8. The van der Waals surface area contributed by atoms with Crippen LogP contribution in [0.1, 0.15) is 25.8 Å². The van der Waals surface area contributed by atoms with E-state index < -0.39 is 0 Å². The number of benzene rings is 1. The molecule has 0 spiro atoms. The summed E-state index contributed by atoms with van der Waals surface area (Å²) in [5, 5.41) is 3.39. The molecule has 0 fully saturated rings. The SMILES string of the molecule is CCCNCc1cc(Br)c(OCCSCC)c(OC)c1. The van der Waals surface area contributed by atoms with Gasteiger partial charge in [0.1, 0.15) is 0 Å². The van der Waals surface area contributed by atoms with Crippen molar-refractivity contribution in [2.75, 3.05) is 31.8 Å². The topological polar surface area (TPSA) is 30.5 Å². The van der Waals surface area contributed by atoms with Gasteiger partial charge in [0.05, 0.1) is 18.2 Å². The molecule has 0 saturated heterocycles. The largest absolute Gasteiger partial charge is 0.493 e. The molecule has 1 rings (SSSR count). The number of hydrogen-bond donors (Lipinski definition) is 1. The van der Waals surface area contributed by atoms with E-state index in [9.17, 15) is 0 Å². The number of ether oxygens (including phenoxy) is 2. The first-order valence-electron chi connectivity index (χ1n) is 7.00. The molecule has 0 aliphatic carbocycles.